The van der Waals surface area contributed by atoms with E-state index in [1.54, 1.807) is 18.2 Å². The highest BCUT2D eigenvalue weighted by molar-refractivity contribution is 7.19. The predicted octanol–water partition coefficient (Wildman–Crippen LogP) is 4.49. The van der Waals surface area contributed by atoms with E-state index in [0.717, 1.165) is 11.3 Å². The number of aliphatic hydroxyl groups excluding tert-OH is 1. The van der Waals surface area contributed by atoms with Crippen molar-refractivity contribution in [2.45, 2.75) is 18.8 Å². The number of alkyl halides is 4. The van der Waals surface area contributed by atoms with Gasteiger partial charge in [0.05, 0.1) is 17.3 Å². The number of aromatic nitrogens is 1. The van der Waals surface area contributed by atoms with Gasteiger partial charge < -0.3 is 9.84 Å². The van der Waals surface area contributed by atoms with E-state index in [-0.39, 0.29) is 11.9 Å². The Kier molecular flexibility index (Phi) is 3.83. The molecule has 0 aliphatic heterocycles. The molecule has 1 N–H and O–H groups in total. The fourth-order valence-electron chi connectivity index (χ4n) is 1.54. The van der Waals surface area contributed by atoms with E-state index in [4.69, 9.17) is 4.74 Å². The van der Waals surface area contributed by atoms with Crippen molar-refractivity contribution >= 4 is 27.6 Å². The minimum absolute atomic E-state index is 0.000298. The zero-order chi connectivity index (χ0) is 15.8. The highest BCUT2D eigenvalue weighted by Crippen LogP contribution is 2.39. The van der Waals surface area contributed by atoms with Crippen LogP contribution in [-0.2, 0) is 0 Å². The van der Waals surface area contributed by atoms with E-state index in [1.807, 2.05) is 0 Å². The lowest BCUT2D eigenvalue weighted by Gasteiger charge is -2.21. The molecule has 1 aromatic heterocycles. The van der Waals surface area contributed by atoms with Crippen LogP contribution < -0.4 is 4.74 Å². The van der Waals surface area contributed by atoms with Crippen LogP contribution in [0.3, 0.4) is 0 Å². The number of hydrogen-bond acceptors (Lipinski definition) is 4. The third-order valence-electron chi connectivity index (χ3n) is 2.75. The summed E-state index contributed by atoms with van der Waals surface area (Å²) in [5, 5.41) is 9.26. The van der Waals surface area contributed by atoms with Crippen LogP contribution in [0.5, 0.6) is 5.75 Å². The number of fused-ring (bicyclic) bond motifs is 1. The summed E-state index contributed by atoms with van der Waals surface area (Å²) in [5.74, 6) is -10.2. The SMILES string of the molecule is COc1ccc2nc(/C=C(\O)C(F)(F)C(C)(F)F)sc2c1. The van der Waals surface area contributed by atoms with Gasteiger partial charge in [-0.25, -0.2) is 4.98 Å². The van der Waals surface area contributed by atoms with Gasteiger partial charge in [-0.1, -0.05) is 0 Å². The lowest BCUT2D eigenvalue weighted by molar-refractivity contribution is -0.188. The van der Waals surface area contributed by atoms with Crippen LogP contribution in [0.4, 0.5) is 17.6 Å². The van der Waals surface area contributed by atoms with Crippen LogP contribution in [0.25, 0.3) is 16.3 Å². The number of ether oxygens (including phenoxy) is 1. The molecule has 3 nitrogen and oxygen atoms in total. The van der Waals surface area contributed by atoms with Crippen molar-refractivity contribution in [3.8, 4) is 5.75 Å². The van der Waals surface area contributed by atoms with Gasteiger partial charge in [0.15, 0.2) is 5.76 Å². The van der Waals surface area contributed by atoms with Crippen molar-refractivity contribution in [1.82, 2.24) is 4.98 Å². The normalized spacial score (nSPS) is 13.7. The summed E-state index contributed by atoms with van der Waals surface area (Å²) in [7, 11) is 1.47. The molecule has 8 heteroatoms. The Bertz CT molecular complexity index is 691. The van der Waals surface area contributed by atoms with Crippen molar-refractivity contribution in [3.05, 3.63) is 29.0 Å². The van der Waals surface area contributed by atoms with Gasteiger partial charge in [-0.3, -0.25) is 0 Å². The van der Waals surface area contributed by atoms with Gasteiger partial charge in [0.25, 0.3) is 0 Å². The molecule has 1 heterocycles. The Morgan fingerprint density at radius 1 is 1.33 bits per heavy atom. The third-order valence-corrected chi connectivity index (χ3v) is 3.71. The van der Waals surface area contributed by atoms with Crippen molar-refractivity contribution in [1.29, 1.82) is 0 Å². The van der Waals surface area contributed by atoms with Crippen molar-refractivity contribution in [3.63, 3.8) is 0 Å². The second kappa shape index (κ2) is 5.18. The Morgan fingerprint density at radius 3 is 2.57 bits per heavy atom. The Balaban J connectivity index is 2.41. The second-order valence-corrected chi connectivity index (χ2v) is 5.44. The molecule has 114 valence electrons. The standard InChI is InChI=1S/C13H11F4NO2S/c1-12(14,15)13(16,17)10(19)6-11-18-8-4-3-7(20-2)5-9(8)21-11/h3-6,19H,1-2H3/b10-6-. The van der Waals surface area contributed by atoms with Crippen molar-refractivity contribution < 1.29 is 27.4 Å². The van der Waals surface area contributed by atoms with E-state index in [9.17, 15) is 22.7 Å². The monoisotopic (exact) mass is 321 g/mol. The van der Waals surface area contributed by atoms with E-state index in [2.05, 4.69) is 4.98 Å². The average Bonchev–Trinajstić information content (AvgIpc) is 2.78. The molecule has 0 saturated heterocycles. The van der Waals surface area contributed by atoms with Crippen LogP contribution in [-0.4, -0.2) is 29.0 Å². The number of benzene rings is 1. The van der Waals surface area contributed by atoms with E-state index >= 15 is 0 Å². The van der Waals surface area contributed by atoms with Crippen molar-refractivity contribution in [2.75, 3.05) is 7.11 Å². The molecule has 0 saturated carbocycles. The average molecular weight is 321 g/mol. The number of methoxy groups -OCH3 is 1. The summed E-state index contributed by atoms with van der Waals surface area (Å²) in [6.07, 6.45) is 0.550. The number of halogens is 4. The highest BCUT2D eigenvalue weighted by Gasteiger charge is 2.55. The van der Waals surface area contributed by atoms with E-state index < -0.39 is 17.6 Å². The maximum atomic E-state index is 13.3. The molecular formula is C13H11F4NO2S. The van der Waals surface area contributed by atoms with Crippen LogP contribution in [0.1, 0.15) is 11.9 Å². The summed E-state index contributed by atoms with van der Waals surface area (Å²) in [6, 6.07) is 4.86. The summed E-state index contributed by atoms with van der Waals surface area (Å²) in [4.78, 5) is 3.97. The Morgan fingerprint density at radius 2 is 2.00 bits per heavy atom. The van der Waals surface area contributed by atoms with Crippen molar-refractivity contribution in [2.24, 2.45) is 0 Å². The van der Waals surface area contributed by atoms with Crippen LogP contribution in [0.2, 0.25) is 0 Å². The molecule has 0 unspecified atom stereocenters. The molecule has 0 spiro atoms. The number of aliphatic hydroxyl groups is 1. The van der Waals surface area contributed by atoms with Crippen LogP contribution in [0, 0.1) is 0 Å². The topological polar surface area (TPSA) is 42.4 Å². The predicted molar refractivity (Wildman–Crippen MR) is 72.3 cm³/mol. The first-order valence-corrected chi connectivity index (χ1v) is 6.58. The lowest BCUT2D eigenvalue weighted by Crippen LogP contribution is -2.39. The van der Waals surface area contributed by atoms with E-state index in [0.29, 0.717) is 22.0 Å². The smallest absolute Gasteiger partial charge is 0.365 e. The van der Waals surface area contributed by atoms with Gasteiger partial charge in [0.1, 0.15) is 10.8 Å². The molecule has 0 aliphatic rings. The minimum atomic E-state index is -4.65. The zero-order valence-electron chi connectivity index (χ0n) is 11.0. The van der Waals surface area contributed by atoms with Gasteiger partial charge in [-0.05, 0) is 18.2 Å². The fraction of sp³-hybridized carbons (Fsp3) is 0.308. The maximum Gasteiger partial charge on any atom is 0.365 e. The maximum absolute atomic E-state index is 13.3. The summed E-state index contributed by atoms with van der Waals surface area (Å²) in [6.45, 7) is 0.0419. The van der Waals surface area contributed by atoms with E-state index in [1.165, 1.54) is 7.11 Å². The quantitative estimate of drug-likeness (QED) is 0.666. The summed E-state index contributed by atoms with van der Waals surface area (Å²) in [5.41, 5.74) is 0.492. The molecule has 0 amide bonds. The fourth-order valence-corrected chi connectivity index (χ4v) is 2.48. The first kappa shape index (κ1) is 15.6. The van der Waals surface area contributed by atoms with Crippen LogP contribution in [0.15, 0.2) is 24.0 Å². The number of rotatable bonds is 4. The van der Waals surface area contributed by atoms with Gasteiger partial charge in [-0.2, -0.15) is 17.6 Å². The van der Waals surface area contributed by atoms with Gasteiger partial charge in [0.2, 0.25) is 0 Å². The largest absolute Gasteiger partial charge is 0.506 e. The molecule has 1 aromatic carbocycles. The molecule has 21 heavy (non-hydrogen) atoms. The Hall–Kier alpha value is -1.83. The molecule has 0 aliphatic carbocycles. The highest BCUT2D eigenvalue weighted by atomic mass is 32.1. The molecule has 2 aromatic rings. The number of thiazole rings is 1. The summed E-state index contributed by atoms with van der Waals surface area (Å²) < 4.78 is 57.7. The first-order valence-electron chi connectivity index (χ1n) is 5.76. The first-order chi connectivity index (χ1) is 9.65. The molecule has 2 rings (SSSR count). The van der Waals surface area contributed by atoms with Crippen LogP contribution >= 0.6 is 11.3 Å². The minimum Gasteiger partial charge on any atom is -0.506 e. The summed E-state index contributed by atoms with van der Waals surface area (Å²) >= 11 is 0.976. The number of hydrogen-bond donors (Lipinski definition) is 1. The molecule has 0 atom stereocenters. The van der Waals surface area contributed by atoms with Gasteiger partial charge in [0, 0.05) is 13.0 Å². The lowest BCUT2D eigenvalue weighted by atomic mass is 10.1. The zero-order valence-corrected chi connectivity index (χ0v) is 11.8. The molecule has 0 bridgehead atoms. The molecule has 0 radical (unpaired) electrons. The third kappa shape index (κ3) is 2.94. The number of nitrogens with zero attached hydrogens (tertiary/aromatic N) is 1. The molecular weight excluding hydrogens is 310 g/mol. The van der Waals surface area contributed by atoms with Gasteiger partial charge in [-0.15, -0.1) is 11.3 Å². The Labute approximate surface area is 121 Å². The van der Waals surface area contributed by atoms with Gasteiger partial charge >= 0.3 is 11.8 Å². The number of allylic oxidation sites excluding steroid dienone is 1. The second-order valence-electron chi connectivity index (χ2n) is 4.38. The molecule has 0 fully saturated rings.